The maximum Gasteiger partial charge on any atom is 0.225 e. The molecule has 1 aromatic rings. The highest BCUT2D eigenvalue weighted by Gasteiger charge is 2.26. The number of amides is 1. The predicted octanol–water partition coefficient (Wildman–Crippen LogP) is 0.256. The van der Waals surface area contributed by atoms with Gasteiger partial charge in [0.1, 0.15) is 0 Å². The van der Waals surface area contributed by atoms with Gasteiger partial charge in [0.05, 0.1) is 18.9 Å². The topological polar surface area (TPSA) is 58.4 Å². The van der Waals surface area contributed by atoms with Crippen molar-refractivity contribution in [2.24, 2.45) is 0 Å². The van der Waals surface area contributed by atoms with Crippen molar-refractivity contribution < 1.29 is 9.90 Å². The summed E-state index contributed by atoms with van der Waals surface area (Å²) in [5.41, 5.74) is 0. The van der Waals surface area contributed by atoms with Crippen LogP contribution in [0.15, 0.2) is 18.7 Å². The Labute approximate surface area is 94.7 Å². The number of imidazole rings is 1. The molecule has 0 aliphatic carbocycles. The number of aryl methyl sites for hydroxylation is 1. The van der Waals surface area contributed by atoms with Gasteiger partial charge in [0.2, 0.25) is 5.91 Å². The van der Waals surface area contributed by atoms with E-state index < -0.39 is 6.10 Å². The molecule has 1 aromatic heterocycles. The number of nitrogens with zero attached hydrogens (tertiary/aromatic N) is 3. The monoisotopic (exact) mass is 223 g/mol. The smallest absolute Gasteiger partial charge is 0.225 e. The zero-order chi connectivity index (χ0) is 11.4. The minimum atomic E-state index is -0.457. The van der Waals surface area contributed by atoms with Gasteiger partial charge in [0, 0.05) is 32.0 Å². The van der Waals surface area contributed by atoms with Crippen LogP contribution >= 0.6 is 0 Å². The summed E-state index contributed by atoms with van der Waals surface area (Å²) >= 11 is 0. The van der Waals surface area contributed by atoms with E-state index in [0.717, 1.165) is 25.9 Å². The number of aromatic nitrogens is 2. The third-order valence-electron chi connectivity index (χ3n) is 2.85. The molecule has 2 rings (SSSR count). The second-order valence-corrected chi connectivity index (χ2v) is 4.21. The van der Waals surface area contributed by atoms with Crippen LogP contribution in [0.5, 0.6) is 0 Å². The highest BCUT2D eigenvalue weighted by molar-refractivity contribution is 5.78. The summed E-state index contributed by atoms with van der Waals surface area (Å²) in [6.45, 7) is 2.19. The molecule has 5 heteroatoms. The van der Waals surface area contributed by atoms with Crippen LogP contribution in [0.25, 0.3) is 0 Å². The lowest BCUT2D eigenvalue weighted by molar-refractivity contribution is -0.127. The summed E-state index contributed by atoms with van der Waals surface area (Å²) in [5.74, 6) is 0.0788. The van der Waals surface area contributed by atoms with Gasteiger partial charge < -0.3 is 14.6 Å². The van der Waals surface area contributed by atoms with Crippen LogP contribution in [0.1, 0.15) is 19.3 Å². The molecule has 0 spiro atoms. The van der Waals surface area contributed by atoms with Crippen LogP contribution in [0.2, 0.25) is 0 Å². The largest absolute Gasteiger partial charge is 0.391 e. The van der Waals surface area contributed by atoms with E-state index in [1.165, 1.54) is 0 Å². The molecule has 0 aromatic carbocycles. The highest BCUT2D eigenvalue weighted by atomic mass is 16.3. The van der Waals surface area contributed by atoms with Crippen molar-refractivity contribution >= 4 is 5.91 Å². The molecule has 88 valence electrons. The van der Waals surface area contributed by atoms with Crippen molar-refractivity contribution in [2.75, 3.05) is 13.1 Å². The number of β-amino-alcohol motifs (C(OH)–C–C–N with tert-alkyl or cyclic N) is 1. The minimum absolute atomic E-state index is 0.0788. The van der Waals surface area contributed by atoms with Gasteiger partial charge in [-0.15, -0.1) is 0 Å². The Morgan fingerprint density at radius 1 is 1.44 bits per heavy atom. The van der Waals surface area contributed by atoms with Crippen LogP contribution in [-0.4, -0.2) is 44.7 Å². The second-order valence-electron chi connectivity index (χ2n) is 4.21. The number of hydrogen-bond donors (Lipinski definition) is 1. The van der Waals surface area contributed by atoms with Gasteiger partial charge in [-0.25, -0.2) is 4.98 Å². The highest BCUT2D eigenvalue weighted by Crippen LogP contribution is 2.11. The Bertz CT molecular complexity index is 337. The van der Waals surface area contributed by atoms with Crippen LogP contribution in [0.4, 0.5) is 0 Å². The molecule has 5 nitrogen and oxygen atoms in total. The van der Waals surface area contributed by atoms with E-state index in [4.69, 9.17) is 0 Å². The maximum atomic E-state index is 11.4. The minimum Gasteiger partial charge on any atom is -0.391 e. The van der Waals surface area contributed by atoms with Crippen molar-refractivity contribution in [1.82, 2.24) is 14.5 Å². The van der Waals surface area contributed by atoms with E-state index in [2.05, 4.69) is 4.98 Å². The van der Waals surface area contributed by atoms with E-state index in [1.54, 1.807) is 17.4 Å². The van der Waals surface area contributed by atoms with E-state index in [1.807, 2.05) is 10.8 Å². The Morgan fingerprint density at radius 3 is 2.88 bits per heavy atom. The number of carbonyl (C=O) groups is 1. The zero-order valence-corrected chi connectivity index (χ0v) is 9.25. The fourth-order valence-electron chi connectivity index (χ4n) is 1.98. The molecule has 0 radical (unpaired) electrons. The first-order chi connectivity index (χ1) is 7.75. The van der Waals surface area contributed by atoms with Crippen LogP contribution in [0, 0.1) is 0 Å². The number of unbranched alkanes of at least 4 members (excludes halogenated alkanes) is 1. The zero-order valence-electron chi connectivity index (χ0n) is 9.25. The second kappa shape index (κ2) is 5.12. The molecular formula is C11H17N3O2. The van der Waals surface area contributed by atoms with E-state index >= 15 is 0 Å². The molecule has 1 unspecified atom stereocenters. The van der Waals surface area contributed by atoms with E-state index in [0.29, 0.717) is 13.0 Å². The Kier molecular flexibility index (Phi) is 3.56. The molecule has 1 atom stereocenters. The Balaban J connectivity index is 1.63. The number of likely N-dealkylation sites (tertiary alicyclic amines) is 1. The van der Waals surface area contributed by atoms with E-state index in [-0.39, 0.29) is 5.91 Å². The molecule has 0 bridgehead atoms. The summed E-state index contributed by atoms with van der Waals surface area (Å²) < 4.78 is 2.03. The molecule has 1 saturated heterocycles. The van der Waals surface area contributed by atoms with Gasteiger partial charge in [0.25, 0.3) is 0 Å². The number of carbonyl (C=O) groups excluding carboxylic acids is 1. The lowest BCUT2D eigenvalue weighted by atomic mass is 10.3. The lowest BCUT2D eigenvalue weighted by Crippen LogP contribution is -2.27. The summed E-state index contributed by atoms with van der Waals surface area (Å²) in [5, 5.41) is 9.30. The van der Waals surface area contributed by atoms with Crippen molar-refractivity contribution in [1.29, 1.82) is 0 Å². The SMILES string of the molecule is O=C1CC(O)CN1CCCCn1ccnc1. The van der Waals surface area contributed by atoms with Crippen LogP contribution in [0.3, 0.4) is 0 Å². The predicted molar refractivity (Wildman–Crippen MR) is 58.7 cm³/mol. The third kappa shape index (κ3) is 2.82. The Hall–Kier alpha value is -1.36. The number of aliphatic hydroxyl groups is 1. The summed E-state index contributed by atoms with van der Waals surface area (Å²) in [7, 11) is 0. The lowest BCUT2D eigenvalue weighted by Gasteiger charge is -2.15. The third-order valence-corrected chi connectivity index (χ3v) is 2.85. The molecule has 0 saturated carbocycles. The molecule has 1 aliphatic heterocycles. The standard InChI is InChI=1S/C11H17N3O2/c15-10-7-11(16)14(8-10)5-2-1-4-13-6-3-12-9-13/h3,6,9-10,15H,1-2,4-5,7-8H2. The maximum absolute atomic E-state index is 11.4. The molecule has 16 heavy (non-hydrogen) atoms. The van der Waals surface area contributed by atoms with Crippen molar-refractivity contribution in [2.45, 2.75) is 31.9 Å². The molecule has 1 aliphatic rings. The molecule has 1 N–H and O–H groups in total. The average Bonchev–Trinajstić information content (AvgIpc) is 2.84. The van der Waals surface area contributed by atoms with Gasteiger partial charge in [0.15, 0.2) is 0 Å². The van der Waals surface area contributed by atoms with Crippen molar-refractivity contribution in [3.8, 4) is 0 Å². The number of aliphatic hydroxyl groups excluding tert-OH is 1. The molecular weight excluding hydrogens is 206 g/mol. The summed E-state index contributed by atoms with van der Waals surface area (Å²) in [4.78, 5) is 17.1. The fourth-order valence-corrected chi connectivity index (χ4v) is 1.98. The number of rotatable bonds is 5. The summed E-state index contributed by atoms with van der Waals surface area (Å²) in [6.07, 6.45) is 7.32. The van der Waals surface area contributed by atoms with Crippen molar-refractivity contribution in [3.05, 3.63) is 18.7 Å². The number of hydrogen-bond acceptors (Lipinski definition) is 3. The average molecular weight is 223 g/mol. The first kappa shape index (κ1) is 11.1. The van der Waals surface area contributed by atoms with Gasteiger partial charge in [-0.1, -0.05) is 0 Å². The van der Waals surface area contributed by atoms with Crippen LogP contribution in [-0.2, 0) is 11.3 Å². The van der Waals surface area contributed by atoms with Gasteiger partial charge in [-0.05, 0) is 12.8 Å². The summed E-state index contributed by atoms with van der Waals surface area (Å²) in [6, 6.07) is 0. The quantitative estimate of drug-likeness (QED) is 0.728. The molecule has 1 amide bonds. The van der Waals surface area contributed by atoms with E-state index in [9.17, 15) is 9.90 Å². The van der Waals surface area contributed by atoms with Gasteiger partial charge in [-0.3, -0.25) is 4.79 Å². The van der Waals surface area contributed by atoms with Gasteiger partial charge >= 0.3 is 0 Å². The molecule has 2 heterocycles. The Morgan fingerprint density at radius 2 is 2.25 bits per heavy atom. The molecule has 1 fully saturated rings. The normalized spacial score (nSPS) is 20.7. The van der Waals surface area contributed by atoms with Gasteiger partial charge in [-0.2, -0.15) is 0 Å². The first-order valence-electron chi connectivity index (χ1n) is 5.67. The van der Waals surface area contributed by atoms with Crippen LogP contribution < -0.4 is 0 Å². The fraction of sp³-hybridized carbons (Fsp3) is 0.636. The first-order valence-corrected chi connectivity index (χ1v) is 5.67. The van der Waals surface area contributed by atoms with Crippen molar-refractivity contribution in [3.63, 3.8) is 0 Å².